The minimum Gasteiger partial charge on any atom is -0.409 e. The van der Waals surface area contributed by atoms with Crippen molar-refractivity contribution in [1.82, 2.24) is 0 Å². The van der Waals surface area contributed by atoms with E-state index in [9.17, 15) is 0 Å². The van der Waals surface area contributed by atoms with E-state index in [4.69, 9.17) is 10.9 Å². The Morgan fingerprint density at radius 3 is 2.26 bits per heavy atom. The normalized spacial score (nSPS) is 11.6. The Balaban J connectivity index is 2.23. The van der Waals surface area contributed by atoms with Crippen LogP contribution < -0.4 is 5.73 Å². The molecule has 0 fully saturated rings. The molecule has 3 nitrogen and oxygen atoms in total. The van der Waals surface area contributed by atoms with Gasteiger partial charge in [0, 0.05) is 15.4 Å². The molecule has 2 rings (SSSR count). The van der Waals surface area contributed by atoms with Crippen LogP contribution in [0.5, 0.6) is 0 Å². The van der Waals surface area contributed by atoms with Crippen molar-refractivity contribution in [2.24, 2.45) is 10.9 Å². The second-order valence-electron chi connectivity index (χ2n) is 4.38. The Hall–Kier alpha value is -1.94. The molecule has 0 radical (unpaired) electrons. The maximum Gasteiger partial charge on any atom is 0.170 e. The summed E-state index contributed by atoms with van der Waals surface area (Å²) in [5.74, 6) is 0.143. The van der Waals surface area contributed by atoms with Gasteiger partial charge in [0.1, 0.15) is 0 Å². The topological polar surface area (TPSA) is 58.6 Å². The highest BCUT2D eigenvalue weighted by Gasteiger charge is 2.05. The molecule has 0 amide bonds. The van der Waals surface area contributed by atoms with E-state index < -0.39 is 0 Å². The minimum absolute atomic E-state index is 0.143. The predicted octanol–water partition coefficient (Wildman–Crippen LogP) is 3.55. The van der Waals surface area contributed by atoms with Gasteiger partial charge in [-0.05, 0) is 49.7 Å². The third-order valence-corrected chi connectivity index (χ3v) is 3.84. The molecule has 0 aromatic heterocycles. The summed E-state index contributed by atoms with van der Waals surface area (Å²) in [4.78, 5) is 2.33. The van der Waals surface area contributed by atoms with Gasteiger partial charge >= 0.3 is 0 Å². The highest BCUT2D eigenvalue weighted by Crippen LogP contribution is 2.29. The van der Waals surface area contributed by atoms with Crippen LogP contribution in [0.4, 0.5) is 0 Å². The van der Waals surface area contributed by atoms with Gasteiger partial charge in [-0.25, -0.2) is 0 Å². The summed E-state index contributed by atoms with van der Waals surface area (Å²) >= 11 is 1.70. The number of nitrogens with two attached hydrogens (primary N) is 1. The first-order valence-corrected chi connectivity index (χ1v) is 6.75. The van der Waals surface area contributed by atoms with Crippen molar-refractivity contribution in [3.05, 3.63) is 59.2 Å². The van der Waals surface area contributed by atoms with E-state index >= 15 is 0 Å². The lowest BCUT2D eigenvalue weighted by Crippen LogP contribution is -2.14. The zero-order chi connectivity index (χ0) is 13.8. The van der Waals surface area contributed by atoms with Crippen molar-refractivity contribution >= 4 is 17.6 Å². The number of hydrogen-bond donors (Lipinski definition) is 2. The fraction of sp³-hybridized carbons (Fsp3) is 0.133. The monoisotopic (exact) mass is 272 g/mol. The molecule has 0 bridgehead atoms. The second kappa shape index (κ2) is 5.80. The van der Waals surface area contributed by atoms with Gasteiger partial charge in [0.2, 0.25) is 0 Å². The maximum atomic E-state index is 8.70. The molecular formula is C15H16N2OS. The van der Waals surface area contributed by atoms with Crippen LogP contribution in [0.2, 0.25) is 0 Å². The molecule has 0 spiro atoms. The average molecular weight is 272 g/mol. The van der Waals surface area contributed by atoms with Crippen molar-refractivity contribution in [3.63, 3.8) is 0 Å². The van der Waals surface area contributed by atoms with E-state index in [0.29, 0.717) is 0 Å². The molecule has 0 aliphatic heterocycles. The molecule has 0 aliphatic carbocycles. The van der Waals surface area contributed by atoms with E-state index in [1.165, 1.54) is 10.5 Å². The summed E-state index contributed by atoms with van der Waals surface area (Å²) in [5, 5.41) is 11.7. The van der Waals surface area contributed by atoms with Crippen LogP contribution >= 0.6 is 11.8 Å². The lowest BCUT2D eigenvalue weighted by atomic mass is 10.1. The van der Waals surface area contributed by atoms with Gasteiger partial charge in [0.05, 0.1) is 0 Å². The number of oxime groups is 1. The van der Waals surface area contributed by atoms with Crippen LogP contribution in [0.1, 0.15) is 16.7 Å². The molecule has 0 aliphatic rings. The van der Waals surface area contributed by atoms with E-state index in [0.717, 1.165) is 16.0 Å². The number of nitrogens with zero attached hydrogens (tertiary/aromatic N) is 1. The molecule has 0 saturated carbocycles. The maximum absolute atomic E-state index is 8.70. The summed E-state index contributed by atoms with van der Waals surface area (Å²) in [7, 11) is 0. The lowest BCUT2D eigenvalue weighted by Gasteiger charge is -2.07. The first-order valence-electron chi connectivity index (χ1n) is 5.93. The lowest BCUT2D eigenvalue weighted by molar-refractivity contribution is 0.318. The highest BCUT2D eigenvalue weighted by atomic mass is 32.2. The molecule has 3 N–H and O–H groups in total. The van der Waals surface area contributed by atoms with Crippen molar-refractivity contribution in [1.29, 1.82) is 0 Å². The van der Waals surface area contributed by atoms with Crippen LogP contribution in [0.15, 0.2) is 57.4 Å². The second-order valence-corrected chi connectivity index (χ2v) is 5.52. The molecule has 2 aromatic rings. The standard InChI is InChI=1S/C15H16N2OS/c1-10-3-5-12(6-4-10)19-13-7-8-14(11(2)9-13)15(16)17-18/h3-9,18H,1-2H3,(H2,16,17). The SMILES string of the molecule is Cc1ccc(Sc2ccc(/C(N)=N/O)c(C)c2)cc1. The van der Waals surface area contributed by atoms with Crippen LogP contribution in [-0.4, -0.2) is 11.0 Å². The molecule has 4 heteroatoms. The highest BCUT2D eigenvalue weighted by molar-refractivity contribution is 7.99. The Labute approximate surface area is 117 Å². The van der Waals surface area contributed by atoms with Crippen LogP contribution in [0, 0.1) is 13.8 Å². The van der Waals surface area contributed by atoms with Gasteiger partial charge in [-0.2, -0.15) is 0 Å². The molecular weight excluding hydrogens is 256 g/mol. The van der Waals surface area contributed by atoms with Crippen LogP contribution in [0.3, 0.4) is 0 Å². The number of hydrogen-bond acceptors (Lipinski definition) is 3. The largest absolute Gasteiger partial charge is 0.409 e. The van der Waals surface area contributed by atoms with E-state index in [1.54, 1.807) is 11.8 Å². The molecule has 0 atom stereocenters. The summed E-state index contributed by atoms with van der Waals surface area (Å²) in [6, 6.07) is 14.3. The molecule has 0 saturated heterocycles. The quantitative estimate of drug-likeness (QED) is 0.389. The Morgan fingerprint density at radius 2 is 1.68 bits per heavy atom. The number of benzene rings is 2. The fourth-order valence-electron chi connectivity index (χ4n) is 1.78. The molecule has 0 heterocycles. The van der Waals surface area contributed by atoms with E-state index in [2.05, 4.69) is 36.3 Å². The van der Waals surface area contributed by atoms with Gasteiger partial charge in [0.15, 0.2) is 5.84 Å². The van der Waals surface area contributed by atoms with E-state index in [1.807, 2.05) is 25.1 Å². The summed E-state index contributed by atoms with van der Waals surface area (Å²) in [6.07, 6.45) is 0. The fourth-order valence-corrected chi connectivity index (χ4v) is 2.70. The van der Waals surface area contributed by atoms with Crippen molar-refractivity contribution < 1.29 is 5.21 Å². The van der Waals surface area contributed by atoms with E-state index in [-0.39, 0.29) is 5.84 Å². The van der Waals surface area contributed by atoms with Gasteiger partial charge in [-0.1, -0.05) is 34.6 Å². The summed E-state index contributed by atoms with van der Waals surface area (Å²) in [5.41, 5.74) is 8.61. The molecule has 0 unspecified atom stereocenters. The number of amidine groups is 1. The van der Waals surface area contributed by atoms with Gasteiger partial charge in [0.25, 0.3) is 0 Å². The first kappa shape index (κ1) is 13.5. The predicted molar refractivity (Wildman–Crippen MR) is 79.0 cm³/mol. The van der Waals surface area contributed by atoms with Gasteiger partial charge in [-0.15, -0.1) is 0 Å². The van der Waals surface area contributed by atoms with Gasteiger partial charge in [-0.3, -0.25) is 0 Å². The molecule has 2 aromatic carbocycles. The Bertz CT molecular complexity index is 606. The average Bonchev–Trinajstić information content (AvgIpc) is 2.41. The number of aryl methyl sites for hydroxylation is 2. The van der Waals surface area contributed by atoms with Crippen molar-refractivity contribution in [2.75, 3.05) is 0 Å². The molecule has 98 valence electrons. The Kier molecular flexibility index (Phi) is 4.12. The first-order chi connectivity index (χ1) is 9.10. The molecule has 19 heavy (non-hydrogen) atoms. The minimum atomic E-state index is 0.143. The summed E-state index contributed by atoms with van der Waals surface area (Å²) < 4.78 is 0. The Morgan fingerprint density at radius 1 is 1.05 bits per heavy atom. The van der Waals surface area contributed by atoms with Gasteiger partial charge < -0.3 is 10.9 Å². The smallest absolute Gasteiger partial charge is 0.170 e. The third-order valence-electron chi connectivity index (χ3n) is 2.84. The van der Waals surface area contributed by atoms with Crippen LogP contribution in [-0.2, 0) is 0 Å². The summed E-state index contributed by atoms with van der Waals surface area (Å²) in [6.45, 7) is 4.02. The zero-order valence-electron chi connectivity index (χ0n) is 10.9. The zero-order valence-corrected chi connectivity index (χ0v) is 11.7. The van der Waals surface area contributed by atoms with Crippen LogP contribution in [0.25, 0.3) is 0 Å². The van der Waals surface area contributed by atoms with Crippen molar-refractivity contribution in [3.8, 4) is 0 Å². The number of rotatable bonds is 3. The van der Waals surface area contributed by atoms with Crippen molar-refractivity contribution in [2.45, 2.75) is 23.6 Å². The third kappa shape index (κ3) is 3.29.